The summed E-state index contributed by atoms with van der Waals surface area (Å²) in [6.07, 6.45) is 9.80. The molecule has 0 saturated carbocycles. The first-order chi connectivity index (χ1) is 22.0. The summed E-state index contributed by atoms with van der Waals surface area (Å²) in [4.78, 5) is 26.8. The van der Waals surface area contributed by atoms with Crippen molar-refractivity contribution >= 4 is 28.8 Å². The second-order valence-electron chi connectivity index (χ2n) is 13.4. The third-order valence-corrected chi connectivity index (χ3v) is 9.71. The molecule has 4 aromatic rings. The molecular formula is C36H45N5O4S. The molecule has 0 amide bonds. The van der Waals surface area contributed by atoms with Crippen LogP contribution in [0.1, 0.15) is 87.2 Å². The summed E-state index contributed by atoms with van der Waals surface area (Å²) in [5.41, 5.74) is 4.65. The molecule has 0 N–H and O–H groups in total. The van der Waals surface area contributed by atoms with Gasteiger partial charge in [-0.25, -0.2) is 14.8 Å². The molecule has 10 heteroatoms. The van der Waals surface area contributed by atoms with Gasteiger partial charge in [0, 0.05) is 42.3 Å². The van der Waals surface area contributed by atoms with Crippen LogP contribution in [0, 0.1) is 6.92 Å². The predicted molar refractivity (Wildman–Crippen MR) is 182 cm³/mol. The number of aromatic nitrogens is 4. The maximum absolute atomic E-state index is 13.5. The van der Waals surface area contributed by atoms with E-state index < -0.39 is 17.7 Å². The quantitative estimate of drug-likeness (QED) is 0.173. The molecule has 46 heavy (non-hydrogen) atoms. The maximum Gasteiger partial charge on any atom is 0.340 e. The minimum Gasteiger partial charge on any atom is -0.464 e. The molecule has 1 atom stereocenters. The van der Waals surface area contributed by atoms with Crippen LogP contribution in [0.4, 0.5) is 5.82 Å². The van der Waals surface area contributed by atoms with Gasteiger partial charge in [0.1, 0.15) is 16.5 Å². The van der Waals surface area contributed by atoms with E-state index in [2.05, 4.69) is 48.2 Å². The van der Waals surface area contributed by atoms with Crippen LogP contribution in [0.5, 0.6) is 0 Å². The number of allylic oxidation sites excluding steroid dienone is 1. The Balaban J connectivity index is 1.49. The van der Waals surface area contributed by atoms with Crippen LogP contribution >= 0.6 is 11.3 Å². The SMILES string of the molecule is CCOC(=O)C(OC(C)(C)C)c1c(C)nc2cc3nn2c1N1CCC(C)(CC1)OCC=CCCc1ccccc1Cc1cnc-3s1. The van der Waals surface area contributed by atoms with Gasteiger partial charge in [0.15, 0.2) is 11.8 Å². The zero-order chi connectivity index (χ0) is 32.5. The number of nitrogens with zero attached hydrogens (tertiary/aromatic N) is 5. The smallest absolute Gasteiger partial charge is 0.340 e. The number of fused-ring (bicyclic) bond motifs is 6. The van der Waals surface area contributed by atoms with Crippen molar-refractivity contribution in [2.45, 2.75) is 91.0 Å². The molecule has 0 aliphatic carbocycles. The molecule has 3 aliphatic rings. The standard InChI is InChI=1S/C36H45N5O4S/c1-7-43-34(42)31(45-35(3,4)5)30-24(2)38-29-22-28-32-37-23-27(46-32)21-26-15-11-10-14-25(26)13-9-8-12-20-44-36(6)16-18-40(19-17-36)33(30)41(29)39-28/h8,10-12,14-15,22-23,31H,7,9,13,16-21H2,1-6H3. The maximum atomic E-state index is 13.5. The van der Waals surface area contributed by atoms with E-state index in [1.165, 1.54) is 16.0 Å². The van der Waals surface area contributed by atoms with Crippen LogP contribution in [0.3, 0.4) is 0 Å². The lowest BCUT2D eigenvalue weighted by Gasteiger charge is -2.41. The largest absolute Gasteiger partial charge is 0.464 e. The average Bonchev–Trinajstić information content (AvgIpc) is 3.65. The van der Waals surface area contributed by atoms with Crippen LogP contribution < -0.4 is 4.90 Å². The third kappa shape index (κ3) is 7.04. The van der Waals surface area contributed by atoms with Gasteiger partial charge >= 0.3 is 5.97 Å². The molecular weight excluding hydrogens is 598 g/mol. The molecule has 6 bridgehead atoms. The van der Waals surface area contributed by atoms with E-state index in [0.717, 1.165) is 61.7 Å². The Kier molecular flexibility index (Phi) is 9.32. The first kappa shape index (κ1) is 32.3. The molecule has 1 saturated heterocycles. The highest BCUT2D eigenvalue weighted by molar-refractivity contribution is 7.15. The van der Waals surface area contributed by atoms with Crippen molar-refractivity contribution in [1.29, 1.82) is 0 Å². The Morgan fingerprint density at radius 3 is 2.65 bits per heavy atom. The van der Waals surface area contributed by atoms with E-state index >= 15 is 0 Å². The Hall–Kier alpha value is -3.60. The van der Waals surface area contributed by atoms with Gasteiger partial charge in [0.2, 0.25) is 0 Å². The zero-order valence-electron chi connectivity index (χ0n) is 27.8. The molecule has 6 heterocycles. The Morgan fingerprint density at radius 2 is 1.91 bits per heavy atom. The number of carbonyl (C=O) groups is 1. The highest BCUT2D eigenvalue weighted by Gasteiger charge is 2.38. The van der Waals surface area contributed by atoms with Gasteiger partial charge in [-0.15, -0.1) is 11.3 Å². The highest BCUT2D eigenvalue weighted by Crippen LogP contribution is 2.39. The number of thiazole rings is 1. The minimum atomic E-state index is -0.966. The lowest BCUT2D eigenvalue weighted by molar-refractivity contribution is -0.166. The first-order valence-electron chi connectivity index (χ1n) is 16.3. The van der Waals surface area contributed by atoms with Crippen LogP contribution in [-0.2, 0) is 31.8 Å². The molecule has 9 nitrogen and oxygen atoms in total. The van der Waals surface area contributed by atoms with Crippen molar-refractivity contribution in [3.63, 3.8) is 0 Å². The van der Waals surface area contributed by atoms with E-state index in [9.17, 15) is 4.79 Å². The number of aryl methyl sites for hydroxylation is 2. The van der Waals surface area contributed by atoms with E-state index in [1.54, 1.807) is 11.3 Å². The summed E-state index contributed by atoms with van der Waals surface area (Å²) in [5.74, 6) is 0.372. The molecule has 3 aliphatic heterocycles. The van der Waals surface area contributed by atoms with Crippen molar-refractivity contribution in [2.75, 3.05) is 31.2 Å². The zero-order valence-corrected chi connectivity index (χ0v) is 28.7. The van der Waals surface area contributed by atoms with E-state index in [1.807, 2.05) is 51.4 Å². The molecule has 0 spiro atoms. The molecule has 244 valence electrons. The average molecular weight is 644 g/mol. The second-order valence-corrected chi connectivity index (χ2v) is 14.5. The van der Waals surface area contributed by atoms with Crippen molar-refractivity contribution in [3.05, 3.63) is 75.9 Å². The summed E-state index contributed by atoms with van der Waals surface area (Å²) in [7, 11) is 0. The van der Waals surface area contributed by atoms with Gasteiger partial charge in [-0.05, 0) is 78.4 Å². The molecule has 0 radical (unpaired) electrons. The molecule has 7 rings (SSSR count). The number of esters is 1. The fourth-order valence-corrected chi connectivity index (χ4v) is 7.20. The first-order valence-corrected chi connectivity index (χ1v) is 17.2. The normalized spacial score (nSPS) is 17.7. The summed E-state index contributed by atoms with van der Waals surface area (Å²) < 4.78 is 20.4. The number of hydrogen-bond donors (Lipinski definition) is 0. The van der Waals surface area contributed by atoms with Gasteiger partial charge in [0.25, 0.3) is 0 Å². The number of rotatable bonds is 4. The van der Waals surface area contributed by atoms with Gasteiger partial charge in [0.05, 0.1) is 30.0 Å². The van der Waals surface area contributed by atoms with Crippen molar-refractivity contribution in [1.82, 2.24) is 19.6 Å². The number of carbonyl (C=O) groups excluding carboxylic acids is 1. The van der Waals surface area contributed by atoms with Crippen LogP contribution in [0.15, 0.2) is 48.7 Å². The number of benzene rings is 1. The van der Waals surface area contributed by atoms with E-state index in [-0.39, 0.29) is 12.2 Å². The number of ether oxygens (including phenoxy) is 3. The van der Waals surface area contributed by atoms with Gasteiger partial charge in [-0.2, -0.15) is 9.61 Å². The van der Waals surface area contributed by atoms with E-state index in [0.29, 0.717) is 23.5 Å². The minimum absolute atomic E-state index is 0.253. The lowest BCUT2D eigenvalue weighted by Crippen LogP contribution is -2.45. The Labute approximate surface area is 275 Å². The fraction of sp³-hybridized carbons (Fsp3) is 0.500. The summed E-state index contributed by atoms with van der Waals surface area (Å²) in [6, 6.07) is 10.7. The summed E-state index contributed by atoms with van der Waals surface area (Å²) in [6.45, 7) is 14.1. The van der Waals surface area contributed by atoms with Crippen LogP contribution in [0.2, 0.25) is 0 Å². The lowest BCUT2D eigenvalue weighted by atomic mass is 9.92. The molecule has 1 unspecified atom stereocenters. The van der Waals surface area contributed by atoms with Crippen molar-refractivity contribution < 1.29 is 19.0 Å². The van der Waals surface area contributed by atoms with Gasteiger partial charge < -0.3 is 19.1 Å². The summed E-state index contributed by atoms with van der Waals surface area (Å²) >= 11 is 1.66. The van der Waals surface area contributed by atoms with Crippen molar-refractivity contribution in [3.8, 4) is 10.7 Å². The molecule has 3 aromatic heterocycles. The predicted octanol–water partition coefficient (Wildman–Crippen LogP) is 7.05. The third-order valence-electron chi connectivity index (χ3n) is 8.69. The monoisotopic (exact) mass is 643 g/mol. The van der Waals surface area contributed by atoms with Crippen LogP contribution in [-0.4, -0.2) is 63.1 Å². The van der Waals surface area contributed by atoms with E-state index in [4.69, 9.17) is 29.3 Å². The molecule has 1 aromatic carbocycles. The number of piperidine rings is 1. The Morgan fingerprint density at radius 1 is 1.15 bits per heavy atom. The fourth-order valence-electron chi connectivity index (χ4n) is 6.31. The van der Waals surface area contributed by atoms with Gasteiger partial charge in [-0.3, -0.25) is 0 Å². The second kappa shape index (κ2) is 13.3. The highest BCUT2D eigenvalue weighted by atomic mass is 32.1. The summed E-state index contributed by atoms with van der Waals surface area (Å²) in [5, 5.41) is 5.95. The Bertz CT molecular complexity index is 1730. The topological polar surface area (TPSA) is 91.1 Å². The number of anilines is 1. The van der Waals surface area contributed by atoms with Gasteiger partial charge in [-0.1, -0.05) is 36.4 Å². The number of hydrogen-bond acceptors (Lipinski definition) is 9. The molecule has 1 fully saturated rings. The van der Waals surface area contributed by atoms with Crippen LogP contribution in [0.25, 0.3) is 16.3 Å². The van der Waals surface area contributed by atoms with Crippen molar-refractivity contribution in [2.24, 2.45) is 0 Å².